The van der Waals surface area contributed by atoms with Crippen molar-refractivity contribution in [2.75, 3.05) is 20.1 Å². The summed E-state index contributed by atoms with van der Waals surface area (Å²) in [6.07, 6.45) is 3.87. The van der Waals surface area contributed by atoms with Crippen molar-refractivity contribution in [3.63, 3.8) is 0 Å². The SMILES string of the molecule is CNCC1CCCCN1Cc1cc(-c2ccccc2)no1. The van der Waals surface area contributed by atoms with Gasteiger partial charge in [0.15, 0.2) is 5.76 Å². The third-order valence-corrected chi connectivity index (χ3v) is 4.18. The summed E-state index contributed by atoms with van der Waals surface area (Å²) in [6.45, 7) is 3.04. The number of nitrogens with zero attached hydrogens (tertiary/aromatic N) is 2. The standard InChI is InChI=1S/C17H23N3O/c1-18-12-15-9-5-6-10-20(15)13-16-11-17(19-21-16)14-7-3-2-4-8-14/h2-4,7-8,11,15,18H,5-6,9-10,12-13H2,1H3. The molecular weight excluding hydrogens is 262 g/mol. The number of aromatic nitrogens is 1. The lowest BCUT2D eigenvalue weighted by Gasteiger charge is -2.34. The minimum Gasteiger partial charge on any atom is -0.359 e. The van der Waals surface area contributed by atoms with Crippen molar-refractivity contribution < 1.29 is 4.52 Å². The molecule has 0 bridgehead atoms. The first-order valence-electron chi connectivity index (χ1n) is 7.76. The first-order valence-corrected chi connectivity index (χ1v) is 7.76. The predicted octanol–water partition coefficient (Wildman–Crippen LogP) is 2.92. The Bertz CT molecular complexity index is 550. The second-order valence-corrected chi connectivity index (χ2v) is 5.72. The molecule has 2 aromatic rings. The number of benzene rings is 1. The first-order chi connectivity index (χ1) is 10.4. The summed E-state index contributed by atoms with van der Waals surface area (Å²) in [7, 11) is 2.02. The van der Waals surface area contributed by atoms with Crippen LogP contribution in [0.5, 0.6) is 0 Å². The highest BCUT2D eigenvalue weighted by atomic mass is 16.5. The molecule has 1 saturated heterocycles. The van der Waals surface area contributed by atoms with E-state index in [9.17, 15) is 0 Å². The molecule has 3 rings (SSSR count). The molecule has 4 heteroatoms. The Morgan fingerprint density at radius 2 is 2.14 bits per heavy atom. The average Bonchev–Trinajstić information content (AvgIpc) is 2.99. The van der Waals surface area contributed by atoms with Crippen molar-refractivity contribution in [2.45, 2.75) is 31.8 Å². The second kappa shape index (κ2) is 6.87. The van der Waals surface area contributed by atoms with Crippen LogP contribution in [0.15, 0.2) is 40.9 Å². The molecule has 1 unspecified atom stereocenters. The van der Waals surface area contributed by atoms with Gasteiger partial charge in [0, 0.05) is 24.2 Å². The number of likely N-dealkylation sites (tertiary alicyclic amines) is 1. The molecule has 0 amide bonds. The van der Waals surface area contributed by atoms with Crippen LogP contribution >= 0.6 is 0 Å². The molecule has 4 nitrogen and oxygen atoms in total. The van der Waals surface area contributed by atoms with Gasteiger partial charge < -0.3 is 9.84 Å². The van der Waals surface area contributed by atoms with E-state index < -0.39 is 0 Å². The van der Waals surface area contributed by atoms with Gasteiger partial charge in [-0.2, -0.15) is 0 Å². The number of rotatable bonds is 5. The number of hydrogen-bond acceptors (Lipinski definition) is 4. The van der Waals surface area contributed by atoms with Crippen LogP contribution in [0.3, 0.4) is 0 Å². The molecule has 1 N–H and O–H groups in total. The normalized spacial score (nSPS) is 19.8. The van der Waals surface area contributed by atoms with Gasteiger partial charge in [-0.15, -0.1) is 0 Å². The third kappa shape index (κ3) is 3.52. The monoisotopic (exact) mass is 285 g/mol. The van der Waals surface area contributed by atoms with Crippen LogP contribution in [0.25, 0.3) is 11.3 Å². The molecule has 0 radical (unpaired) electrons. The van der Waals surface area contributed by atoms with Crippen molar-refractivity contribution in [1.82, 2.24) is 15.4 Å². The highest BCUT2D eigenvalue weighted by molar-refractivity contribution is 5.58. The summed E-state index contributed by atoms with van der Waals surface area (Å²) in [4.78, 5) is 2.51. The molecule has 21 heavy (non-hydrogen) atoms. The Balaban J connectivity index is 1.69. The molecule has 1 aliphatic heterocycles. The third-order valence-electron chi connectivity index (χ3n) is 4.18. The van der Waals surface area contributed by atoms with Gasteiger partial charge in [0.05, 0.1) is 6.54 Å². The maximum Gasteiger partial charge on any atom is 0.151 e. The molecule has 0 aliphatic carbocycles. The maximum atomic E-state index is 5.54. The number of likely N-dealkylation sites (N-methyl/N-ethyl adjacent to an activating group) is 1. The Labute approximate surface area is 126 Å². The van der Waals surface area contributed by atoms with Crippen LogP contribution in [-0.4, -0.2) is 36.2 Å². The fourth-order valence-electron chi connectivity index (χ4n) is 3.07. The van der Waals surface area contributed by atoms with Crippen LogP contribution in [0.4, 0.5) is 0 Å². The molecule has 112 valence electrons. The zero-order valence-electron chi connectivity index (χ0n) is 12.6. The summed E-state index contributed by atoms with van der Waals surface area (Å²) in [5.74, 6) is 0.955. The molecular formula is C17H23N3O. The van der Waals surface area contributed by atoms with Gasteiger partial charge in [0.1, 0.15) is 5.69 Å². The Morgan fingerprint density at radius 1 is 1.29 bits per heavy atom. The largest absolute Gasteiger partial charge is 0.359 e. The van der Waals surface area contributed by atoms with Crippen LogP contribution in [0, 0.1) is 0 Å². The molecule has 0 saturated carbocycles. The van der Waals surface area contributed by atoms with Gasteiger partial charge >= 0.3 is 0 Å². The predicted molar refractivity (Wildman–Crippen MR) is 83.9 cm³/mol. The number of hydrogen-bond donors (Lipinski definition) is 1. The van der Waals surface area contributed by atoms with Crippen LogP contribution < -0.4 is 5.32 Å². The Hall–Kier alpha value is -1.65. The summed E-state index contributed by atoms with van der Waals surface area (Å²) >= 11 is 0. The van der Waals surface area contributed by atoms with E-state index in [1.165, 1.54) is 19.3 Å². The minimum absolute atomic E-state index is 0.606. The van der Waals surface area contributed by atoms with Gasteiger partial charge in [-0.05, 0) is 26.4 Å². The van der Waals surface area contributed by atoms with Crippen molar-refractivity contribution >= 4 is 0 Å². The smallest absolute Gasteiger partial charge is 0.151 e. The summed E-state index contributed by atoms with van der Waals surface area (Å²) in [5.41, 5.74) is 2.03. The average molecular weight is 285 g/mol. The van der Waals surface area contributed by atoms with E-state index in [2.05, 4.69) is 33.6 Å². The zero-order valence-corrected chi connectivity index (χ0v) is 12.6. The molecule has 1 aromatic heterocycles. The van der Waals surface area contributed by atoms with Gasteiger partial charge in [-0.1, -0.05) is 41.9 Å². The topological polar surface area (TPSA) is 41.3 Å². The number of piperidine rings is 1. The summed E-state index contributed by atoms with van der Waals surface area (Å²) < 4.78 is 5.54. The molecule has 1 aliphatic rings. The maximum absolute atomic E-state index is 5.54. The van der Waals surface area contributed by atoms with E-state index >= 15 is 0 Å². The van der Waals surface area contributed by atoms with Crippen molar-refractivity contribution in [3.05, 3.63) is 42.2 Å². The van der Waals surface area contributed by atoms with E-state index in [1.807, 2.05) is 25.2 Å². The number of nitrogens with one attached hydrogen (secondary N) is 1. The van der Waals surface area contributed by atoms with Crippen LogP contribution in [-0.2, 0) is 6.54 Å². The van der Waals surface area contributed by atoms with E-state index in [0.29, 0.717) is 6.04 Å². The minimum atomic E-state index is 0.606. The Morgan fingerprint density at radius 3 is 2.95 bits per heavy atom. The lowest BCUT2D eigenvalue weighted by molar-refractivity contribution is 0.126. The van der Waals surface area contributed by atoms with Gasteiger partial charge in [-0.3, -0.25) is 4.90 Å². The lowest BCUT2D eigenvalue weighted by atomic mass is 10.0. The van der Waals surface area contributed by atoms with E-state index in [1.54, 1.807) is 0 Å². The zero-order chi connectivity index (χ0) is 14.5. The van der Waals surface area contributed by atoms with Crippen molar-refractivity contribution in [3.8, 4) is 11.3 Å². The highest BCUT2D eigenvalue weighted by Crippen LogP contribution is 2.22. The van der Waals surface area contributed by atoms with E-state index in [0.717, 1.165) is 36.7 Å². The fourth-order valence-corrected chi connectivity index (χ4v) is 3.07. The molecule has 2 heterocycles. The van der Waals surface area contributed by atoms with Gasteiger partial charge in [-0.25, -0.2) is 0 Å². The van der Waals surface area contributed by atoms with Crippen LogP contribution in [0.2, 0.25) is 0 Å². The van der Waals surface area contributed by atoms with Crippen molar-refractivity contribution in [1.29, 1.82) is 0 Å². The van der Waals surface area contributed by atoms with Gasteiger partial charge in [0.25, 0.3) is 0 Å². The molecule has 0 spiro atoms. The Kier molecular flexibility index (Phi) is 4.68. The summed E-state index contributed by atoms with van der Waals surface area (Å²) in [5, 5.41) is 7.50. The highest BCUT2D eigenvalue weighted by Gasteiger charge is 2.23. The molecule has 1 fully saturated rings. The van der Waals surface area contributed by atoms with E-state index in [4.69, 9.17) is 4.52 Å². The molecule has 1 atom stereocenters. The second-order valence-electron chi connectivity index (χ2n) is 5.72. The van der Waals surface area contributed by atoms with E-state index in [-0.39, 0.29) is 0 Å². The van der Waals surface area contributed by atoms with Crippen molar-refractivity contribution in [2.24, 2.45) is 0 Å². The fraction of sp³-hybridized carbons (Fsp3) is 0.471. The lowest BCUT2D eigenvalue weighted by Crippen LogP contribution is -2.44. The first kappa shape index (κ1) is 14.3. The molecule has 1 aromatic carbocycles. The van der Waals surface area contributed by atoms with Gasteiger partial charge in [0.2, 0.25) is 0 Å². The summed E-state index contributed by atoms with van der Waals surface area (Å²) in [6, 6.07) is 12.9. The quantitative estimate of drug-likeness (QED) is 0.917. The van der Waals surface area contributed by atoms with Crippen LogP contribution in [0.1, 0.15) is 25.0 Å².